The van der Waals surface area contributed by atoms with Gasteiger partial charge >= 0.3 is 0 Å². The molecule has 0 bridgehead atoms. The summed E-state index contributed by atoms with van der Waals surface area (Å²) in [7, 11) is 0. The van der Waals surface area contributed by atoms with E-state index in [1.807, 2.05) is 11.4 Å². The predicted molar refractivity (Wildman–Crippen MR) is 87.9 cm³/mol. The lowest BCUT2D eigenvalue weighted by atomic mass is 10.0. The van der Waals surface area contributed by atoms with Gasteiger partial charge in [-0.05, 0) is 51.5 Å². The molecule has 0 saturated carbocycles. The maximum Gasteiger partial charge on any atom is 0.251 e. The lowest BCUT2D eigenvalue weighted by Gasteiger charge is -2.21. The number of carbonyl (C=O) groups excluding carboxylic acids is 1. The first kappa shape index (κ1) is 15.1. The lowest BCUT2D eigenvalue weighted by Crippen LogP contribution is -2.31. The number of hydrogen-bond donors (Lipinski definition) is 2. The number of amides is 1. The Balaban J connectivity index is 2.18. The van der Waals surface area contributed by atoms with Crippen LogP contribution in [0.4, 0.5) is 5.69 Å². The van der Waals surface area contributed by atoms with Crippen LogP contribution in [0.5, 0.6) is 0 Å². The van der Waals surface area contributed by atoms with Gasteiger partial charge in [-0.1, -0.05) is 19.9 Å². The van der Waals surface area contributed by atoms with Crippen LogP contribution in [-0.4, -0.2) is 5.91 Å². The Kier molecular flexibility index (Phi) is 4.83. The highest BCUT2D eigenvalue weighted by Crippen LogP contribution is 2.27. The smallest absolute Gasteiger partial charge is 0.251 e. The molecule has 0 aliphatic carbocycles. The lowest BCUT2D eigenvalue weighted by molar-refractivity contribution is 0.0926. The van der Waals surface area contributed by atoms with Gasteiger partial charge in [0.1, 0.15) is 0 Å². The summed E-state index contributed by atoms with van der Waals surface area (Å²) in [5.41, 5.74) is 6.97. The van der Waals surface area contributed by atoms with Crippen LogP contribution in [0.1, 0.15) is 35.1 Å². The summed E-state index contributed by atoms with van der Waals surface area (Å²) in [6, 6.07) is 9.29. The third-order valence-electron chi connectivity index (χ3n) is 3.07. The minimum absolute atomic E-state index is 0.0267. The first-order chi connectivity index (χ1) is 9.49. The number of carbonyl (C=O) groups is 1. The van der Waals surface area contributed by atoms with Gasteiger partial charge in [-0.25, -0.2) is 0 Å². The van der Waals surface area contributed by atoms with Crippen molar-refractivity contribution in [2.45, 2.75) is 19.9 Å². The number of halogens is 1. The van der Waals surface area contributed by atoms with Gasteiger partial charge in [-0.15, -0.1) is 11.3 Å². The summed E-state index contributed by atoms with van der Waals surface area (Å²) < 4.78 is 0.738. The molecule has 3 N–H and O–H groups in total. The maximum absolute atomic E-state index is 12.4. The van der Waals surface area contributed by atoms with E-state index in [2.05, 4.69) is 41.2 Å². The molecule has 20 heavy (non-hydrogen) atoms. The molecule has 1 aromatic heterocycles. The molecule has 0 spiro atoms. The molecule has 0 fully saturated rings. The van der Waals surface area contributed by atoms with Crippen molar-refractivity contribution in [2.24, 2.45) is 5.92 Å². The normalized spacial score (nSPS) is 12.4. The van der Waals surface area contributed by atoms with E-state index in [1.54, 1.807) is 29.5 Å². The fraction of sp³-hybridized carbons (Fsp3) is 0.267. The number of nitrogens with one attached hydrogen (secondary N) is 1. The highest BCUT2D eigenvalue weighted by Gasteiger charge is 2.20. The van der Waals surface area contributed by atoms with E-state index in [1.165, 1.54) is 4.88 Å². The third-order valence-corrected chi connectivity index (χ3v) is 4.71. The molecule has 2 rings (SSSR count). The van der Waals surface area contributed by atoms with Gasteiger partial charge in [0.25, 0.3) is 5.91 Å². The van der Waals surface area contributed by atoms with E-state index in [0.29, 0.717) is 17.2 Å². The second-order valence-corrected chi connectivity index (χ2v) is 6.78. The van der Waals surface area contributed by atoms with Gasteiger partial charge < -0.3 is 11.1 Å². The number of nitrogens with two attached hydrogens (primary N) is 1. The van der Waals surface area contributed by atoms with Crippen LogP contribution >= 0.6 is 27.3 Å². The van der Waals surface area contributed by atoms with E-state index in [-0.39, 0.29) is 11.9 Å². The van der Waals surface area contributed by atoms with Gasteiger partial charge in [-0.3, -0.25) is 4.79 Å². The number of thiophene rings is 1. The highest BCUT2D eigenvalue weighted by molar-refractivity contribution is 9.10. The Hall–Kier alpha value is -1.33. The van der Waals surface area contributed by atoms with E-state index in [4.69, 9.17) is 5.73 Å². The molecule has 5 heteroatoms. The Labute approximate surface area is 131 Å². The zero-order chi connectivity index (χ0) is 14.7. The summed E-state index contributed by atoms with van der Waals surface area (Å²) >= 11 is 5.00. The Morgan fingerprint density at radius 1 is 1.35 bits per heavy atom. The van der Waals surface area contributed by atoms with Crippen LogP contribution in [0, 0.1) is 5.92 Å². The highest BCUT2D eigenvalue weighted by atomic mass is 79.9. The predicted octanol–water partition coefficient (Wildman–Crippen LogP) is 4.22. The van der Waals surface area contributed by atoms with Gasteiger partial charge in [0.15, 0.2) is 0 Å². The SMILES string of the molecule is CC(C)C(NC(=O)c1ccc(N)c(Br)c1)c1cccs1. The molecule has 0 aliphatic rings. The first-order valence-corrected chi connectivity index (χ1v) is 8.05. The van der Waals surface area contributed by atoms with Crippen molar-refractivity contribution < 1.29 is 4.79 Å². The van der Waals surface area contributed by atoms with Crippen LogP contribution in [0.25, 0.3) is 0 Å². The Morgan fingerprint density at radius 3 is 2.65 bits per heavy atom. The van der Waals surface area contributed by atoms with Gasteiger partial charge in [-0.2, -0.15) is 0 Å². The number of rotatable bonds is 4. The van der Waals surface area contributed by atoms with Gasteiger partial charge in [0, 0.05) is 20.6 Å². The van der Waals surface area contributed by atoms with E-state index in [0.717, 1.165) is 4.47 Å². The first-order valence-electron chi connectivity index (χ1n) is 6.38. The third kappa shape index (κ3) is 3.41. The summed E-state index contributed by atoms with van der Waals surface area (Å²) in [4.78, 5) is 13.5. The fourth-order valence-corrected chi connectivity index (χ4v) is 3.26. The molecule has 1 unspecified atom stereocenters. The molecule has 1 aromatic carbocycles. The minimum Gasteiger partial charge on any atom is -0.398 e. The molecule has 1 amide bonds. The van der Waals surface area contributed by atoms with Crippen molar-refractivity contribution in [1.29, 1.82) is 0 Å². The number of anilines is 1. The van der Waals surface area contributed by atoms with Crippen LogP contribution in [0.3, 0.4) is 0 Å². The molecular weight excluding hydrogens is 336 g/mol. The summed E-state index contributed by atoms with van der Waals surface area (Å²) in [6.07, 6.45) is 0. The van der Waals surface area contributed by atoms with E-state index in [9.17, 15) is 4.79 Å². The Morgan fingerprint density at radius 2 is 2.10 bits per heavy atom. The minimum atomic E-state index is -0.0854. The van der Waals surface area contributed by atoms with Crippen molar-refractivity contribution in [3.05, 3.63) is 50.6 Å². The standard InChI is InChI=1S/C15H17BrN2OS/c1-9(2)14(13-4-3-7-20-13)18-15(19)10-5-6-12(17)11(16)8-10/h3-9,14H,17H2,1-2H3,(H,18,19). The molecule has 3 nitrogen and oxygen atoms in total. The largest absolute Gasteiger partial charge is 0.398 e. The molecule has 0 saturated heterocycles. The van der Waals surface area contributed by atoms with Crippen molar-refractivity contribution in [2.75, 3.05) is 5.73 Å². The van der Waals surface area contributed by atoms with Crippen molar-refractivity contribution in [3.8, 4) is 0 Å². The molecule has 2 aromatic rings. The maximum atomic E-state index is 12.4. The average molecular weight is 353 g/mol. The molecule has 106 valence electrons. The van der Waals surface area contributed by atoms with Gasteiger partial charge in [0.2, 0.25) is 0 Å². The second kappa shape index (κ2) is 6.41. The molecular formula is C15H17BrN2OS. The van der Waals surface area contributed by atoms with Crippen LogP contribution in [0.2, 0.25) is 0 Å². The fourth-order valence-electron chi connectivity index (χ4n) is 1.93. The molecule has 0 radical (unpaired) electrons. The molecule has 1 atom stereocenters. The van der Waals surface area contributed by atoms with Crippen LogP contribution in [-0.2, 0) is 0 Å². The summed E-state index contributed by atoms with van der Waals surface area (Å²) in [6.45, 7) is 4.20. The van der Waals surface area contributed by atoms with Crippen molar-refractivity contribution >= 4 is 38.9 Å². The number of hydrogen-bond acceptors (Lipinski definition) is 3. The topological polar surface area (TPSA) is 55.1 Å². The summed E-state index contributed by atoms with van der Waals surface area (Å²) in [5, 5.41) is 5.12. The van der Waals surface area contributed by atoms with Gasteiger partial charge in [0.05, 0.1) is 6.04 Å². The quantitative estimate of drug-likeness (QED) is 0.809. The Bertz CT molecular complexity index is 596. The van der Waals surface area contributed by atoms with Crippen molar-refractivity contribution in [3.63, 3.8) is 0 Å². The molecule has 0 aliphatic heterocycles. The van der Waals surface area contributed by atoms with E-state index < -0.39 is 0 Å². The van der Waals surface area contributed by atoms with E-state index >= 15 is 0 Å². The zero-order valence-electron chi connectivity index (χ0n) is 11.4. The zero-order valence-corrected chi connectivity index (χ0v) is 13.8. The monoisotopic (exact) mass is 352 g/mol. The number of benzene rings is 1. The second-order valence-electron chi connectivity index (χ2n) is 4.95. The summed E-state index contributed by atoms with van der Waals surface area (Å²) in [5.74, 6) is 0.243. The van der Waals surface area contributed by atoms with Crippen molar-refractivity contribution in [1.82, 2.24) is 5.32 Å². The van der Waals surface area contributed by atoms with Crippen LogP contribution < -0.4 is 11.1 Å². The molecule has 1 heterocycles. The number of nitrogen functional groups attached to an aromatic ring is 1. The average Bonchev–Trinajstić information content (AvgIpc) is 2.92. The van der Waals surface area contributed by atoms with Crippen LogP contribution in [0.15, 0.2) is 40.2 Å².